The van der Waals surface area contributed by atoms with Gasteiger partial charge in [-0.05, 0) is 43.7 Å². The maximum absolute atomic E-state index is 9.92. The third-order valence-electron chi connectivity index (χ3n) is 4.30. The second kappa shape index (κ2) is 7.03. The Kier molecular flexibility index (Phi) is 5.10. The molecule has 2 N–H and O–H groups in total. The molecule has 4 heteroatoms. The lowest BCUT2D eigenvalue weighted by Crippen LogP contribution is -2.31. The number of rotatable bonds is 7. The highest BCUT2D eigenvalue weighted by molar-refractivity contribution is 7.12. The molecule has 1 aromatic heterocycles. The molecule has 2 aliphatic rings. The second-order valence-electron chi connectivity index (χ2n) is 6.04. The molecule has 0 amide bonds. The summed E-state index contributed by atoms with van der Waals surface area (Å²) >= 11 is 1.93. The van der Waals surface area contributed by atoms with Gasteiger partial charge < -0.3 is 15.2 Å². The third kappa shape index (κ3) is 3.82. The van der Waals surface area contributed by atoms with Gasteiger partial charge in [0.05, 0.1) is 18.8 Å². The van der Waals surface area contributed by atoms with Crippen molar-refractivity contribution in [3.05, 3.63) is 21.4 Å². The Morgan fingerprint density at radius 2 is 2.15 bits per heavy atom. The molecule has 0 spiro atoms. The molecule has 2 aliphatic carbocycles. The van der Waals surface area contributed by atoms with E-state index in [4.69, 9.17) is 4.74 Å². The minimum absolute atomic E-state index is 0.387. The highest BCUT2D eigenvalue weighted by atomic mass is 32.1. The summed E-state index contributed by atoms with van der Waals surface area (Å²) < 4.78 is 5.73. The molecule has 0 aromatic carbocycles. The maximum atomic E-state index is 9.92. The second-order valence-corrected chi connectivity index (χ2v) is 7.26. The van der Waals surface area contributed by atoms with Crippen LogP contribution < -0.4 is 5.32 Å². The fourth-order valence-electron chi connectivity index (χ4n) is 3.20. The quantitative estimate of drug-likeness (QED) is 0.812. The largest absolute Gasteiger partial charge is 0.389 e. The maximum Gasteiger partial charge on any atom is 0.0897 e. The lowest BCUT2D eigenvalue weighted by Gasteiger charge is -2.15. The molecule has 0 saturated heterocycles. The van der Waals surface area contributed by atoms with E-state index in [9.17, 15) is 5.11 Å². The summed E-state index contributed by atoms with van der Waals surface area (Å²) in [5.74, 6) is 0. The molecule has 1 fully saturated rings. The van der Waals surface area contributed by atoms with E-state index in [2.05, 4.69) is 11.4 Å². The van der Waals surface area contributed by atoms with Crippen molar-refractivity contribution in [2.24, 2.45) is 0 Å². The molecular formula is C16H25NO2S. The summed E-state index contributed by atoms with van der Waals surface area (Å²) in [4.78, 5) is 2.98. The average Bonchev–Trinajstić information content (AvgIpc) is 3.12. The van der Waals surface area contributed by atoms with E-state index in [0.717, 1.165) is 6.54 Å². The monoisotopic (exact) mass is 295 g/mol. The van der Waals surface area contributed by atoms with Gasteiger partial charge in [-0.3, -0.25) is 0 Å². The van der Waals surface area contributed by atoms with Gasteiger partial charge in [-0.25, -0.2) is 0 Å². The number of fused-ring (bicyclic) bond motifs is 1. The highest BCUT2D eigenvalue weighted by Gasteiger charge is 2.17. The van der Waals surface area contributed by atoms with Crippen LogP contribution in [0.1, 0.15) is 47.4 Å². The number of aryl methyl sites for hydroxylation is 2. The fraction of sp³-hybridized carbons (Fsp3) is 0.750. The van der Waals surface area contributed by atoms with Crippen LogP contribution in [-0.2, 0) is 24.1 Å². The van der Waals surface area contributed by atoms with Crippen molar-refractivity contribution in [3.8, 4) is 0 Å². The predicted molar refractivity (Wildman–Crippen MR) is 82.3 cm³/mol. The molecule has 1 atom stereocenters. The van der Waals surface area contributed by atoms with Crippen molar-refractivity contribution < 1.29 is 9.84 Å². The zero-order valence-electron chi connectivity index (χ0n) is 12.1. The number of nitrogens with one attached hydrogen (secondary N) is 1. The summed E-state index contributed by atoms with van der Waals surface area (Å²) in [5.41, 5.74) is 1.55. The van der Waals surface area contributed by atoms with Crippen LogP contribution in [0.25, 0.3) is 0 Å². The van der Waals surface area contributed by atoms with E-state index in [-0.39, 0.29) is 6.10 Å². The van der Waals surface area contributed by atoms with Crippen molar-refractivity contribution in [3.63, 3.8) is 0 Å². The summed E-state index contributed by atoms with van der Waals surface area (Å²) in [6, 6.07) is 2.33. The Bertz CT molecular complexity index is 405. The van der Waals surface area contributed by atoms with Gasteiger partial charge in [-0.1, -0.05) is 12.8 Å². The van der Waals surface area contributed by atoms with E-state index in [1.54, 1.807) is 10.4 Å². The molecule has 20 heavy (non-hydrogen) atoms. The number of hydrogen-bond acceptors (Lipinski definition) is 4. The summed E-state index contributed by atoms with van der Waals surface area (Å²) in [6.45, 7) is 1.96. The Morgan fingerprint density at radius 1 is 1.30 bits per heavy atom. The van der Waals surface area contributed by atoms with Crippen molar-refractivity contribution >= 4 is 11.3 Å². The molecule has 0 aliphatic heterocycles. The van der Waals surface area contributed by atoms with E-state index in [1.165, 1.54) is 49.8 Å². The van der Waals surface area contributed by atoms with Gasteiger partial charge in [0.2, 0.25) is 0 Å². The van der Waals surface area contributed by atoms with Crippen LogP contribution in [-0.4, -0.2) is 30.5 Å². The Hall–Kier alpha value is -0.420. The first-order chi connectivity index (χ1) is 9.81. The van der Waals surface area contributed by atoms with Crippen LogP contribution in [0.2, 0.25) is 0 Å². The van der Waals surface area contributed by atoms with Gasteiger partial charge in [-0.15, -0.1) is 11.3 Å². The van der Waals surface area contributed by atoms with E-state index in [1.807, 2.05) is 11.3 Å². The first-order valence-electron chi connectivity index (χ1n) is 7.92. The van der Waals surface area contributed by atoms with Crippen molar-refractivity contribution in [2.45, 2.75) is 63.7 Å². The van der Waals surface area contributed by atoms with Crippen LogP contribution in [0.5, 0.6) is 0 Å². The lowest BCUT2D eigenvalue weighted by molar-refractivity contribution is -0.00548. The minimum Gasteiger partial charge on any atom is -0.389 e. The molecule has 3 nitrogen and oxygen atoms in total. The van der Waals surface area contributed by atoms with E-state index in [0.29, 0.717) is 19.3 Å². The Labute approximate surface area is 125 Å². The van der Waals surface area contributed by atoms with Gasteiger partial charge in [0.25, 0.3) is 0 Å². The first-order valence-corrected chi connectivity index (χ1v) is 8.74. The van der Waals surface area contributed by atoms with Crippen LogP contribution in [0, 0.1) is 0 Å². The van der Waals surface area contributed by atoms with Gasteiger partial charge in [0.15, 0.2) is 0 Å². The number of ether oxygens (including phenoxy) is 1. The van der Waals surface area contributed by atoms with Crippen LogP contribution in [0.3, 0.4) is 0 Å². The molecule has 112 valence electrons. The third-order valence-corrected chi connectivity index (χ3v) is 5.54. The minimum atomic E-state index is -0.387. The lowest BCUT2D eigenvalue weighted by atomic mass is 10.2. The summed E-state index contributed by atoms with van der Waals surface area (Å²) in [7, 11) is 0. The van der Waals surface area contributed by atoms with E-state index < -0.39 is 0 Å². The fourth-order valence-corrected chi connectivity index (χ4v) is 4.43. The first kappa shape index (κ1) is 14.5. The van der Waals surface area contributed by atoms with Gasteiger partial charge in [-0.2, -0.15) is 0 Å². The van der Waals surface area contributed by atoms with Crippen LogP contribution >= 0.6 is 11.3 Å². The smallest absolute Gasteiger partial charge is 0.0897 e. The van der Waals surface area contributed by atoms with Crippen molar-refractivity contribution in [2.75, 3.05) is 13.2 Å². The Balaban J connectivity index is 1.32. The number of aliphatic hydroxyl groups excluding tert-OH is 1. The van der Waals surface area contributed by atoms with Crippen molar-refractivity contribution in [1.82, 2.24) is 5.32 Å². The summed E-state index contributed by atoms with van der Waals surface area (Å²) in [6.07, 6.45) is 8.74. The van der Waals surface area contributed by atoms with Crippen molar-refractivity contribution in [1.29, 1.82) is 0 Å². The topological polar surface area (TPSA) is 41.5 Å². The standard InChI is InChI=1S/C16H25NO2S/c18-13(11-19-14-5-1-2-6-14)9-17-10-15-8-12-4-3-7-16(12)20-15/h8,13-14,17-18H,1-7,9-11H2. The number of thiophene rings is 1. The van der Waals surface area contributed by atoms with Gasteiger partial charge >= 0.3 is 0 Å². The highest BCUT2D eigenvalue weighted by Crippen LogP contribution is 2.30. The zero-order chi connectivity index (χ0) is 13.8. The number of hydrogen-bond donors (Lipinski definition) is 2. The zero-order valence-corrected chi connectivity index (χ0v) is 12.9. The molecular weight excluding hydrogens is 270 g/mol. The molecule has 1 aromatic rings. The molecule has 1 unspecified atom stereocenters. The molecule has 0 bridgehead atoms. The molecule has 1 saturated carbocycles. The average molecular weight is 295 g/mol. The molecule has 3 rings (SSSR count). The molecule has 0 radical (unpaired) electrons. The Morgan fingerprint density at radius 3 is 2.95 bits per heavy atom. The summed E-state index contributed by atoms with van der Waals surface area (Å²) in [5, 5.41) is 13.3. The SMILES string of the molecule is OC(CNCc1cc2c(s1)CCC2)COC1CCCC1. The van der Waals surface area contributed by atoms with Gasteiger partial charge in [0.1, 0.15) is 0 Å². The van der Waals surface area contributed by atoms with Gasteiger partial charge in [0, 0.05) is 22.8 Å². The number of aliphatic hydroxyl groups is 1. The van der Waals surface area contributed by atoms with Crippen LogP contribution in [0.4, 0.5) is 0 Å². The normalized spacial score (nSPS) is 20.4. The predicted octanol–water partition coefficient (Wildman–Crippen LogP) is 2.65. The van der Waals surface area contributed by atoms with Crippen LogP contribution in [0.15, 0.2) is 6.07 Å². The molecule has 1 heterocycles. The van der Waals surface area contributed by atoms with E-state index >= 15 is 0 Å².